The molecule has 140 valence electrons. The molecule has 24 heavy (non-hydrogen) atoms. The first-order valence-electron chi connectivity index (χ1n) is 9.44. The van der Waals surface area contributed by atoms with Crippen LogP contribution in [-0.4, -0.2) is 31.1 Å². The summed E-state index contributed by atoms with van der Waals surface area (Å²) in [7, 11) is 0. The van der Waals surface area contributed by atoms with Crippen molar-refractivity contribution < 1.29 is 19.1 Å². The summed E-state index contributed by atoms with van der Waals surface area (Å²) < 4.78 is 11.0. The van der Waals surface area contributed by atoms with Crippen LogP contribution >= 0.6 is 0 Å². The van der Waals surface area contributed by atoms with E-state index in [4.69, 9.17) is 9.47 Å². The Balaban J connectivity index is 2.67. The van der Waals surface area contributed by atoms with Crippen LogP contribution in [0, 0.1) is 22.7 Å². The Morgan fingerprint density at radius 2 is 1.71 bits per heavy atom. The van der Waals surface area contributed by atoms with Gasteiger partial charge in [-0.2, -0.15) is 0 Å². The Morgan fingerprint density at radius 3 is 2.25 bits per heavy atom. The lowest BCUT2D eigenvalue weighted by molar-refractivity contribution is -0.156. The third-order valence-corrected chi connectivity index (χ3v) is 6.42. The summed E-state index contributed by atoms with van der Waals surface area (Å²) >= 11 is 0. The van der Waals surface area contributed by atoms with Crippen molar-refractivity contribution in [3.63, 3.8) is 0 Å². The van der Waals surface area contributed by atoms with Crippen LogP contribution < -0.4 is 0 Å². The average molecular weight is 341 g/mol. The molecule has 4 heteroatoms. The van der Waals surface area contributed by atoms with E-state index in [-0.39, 0.29) is 41.7 Å². The van der Waals surface area contributed by atoms with E-state index < -0.39 is 5.41 Å². The van der Waals surface area contributed by atoms with Crippen molar-refractivity contribution in [2.75, 3.05) is 13.2 Å². The molecule has 2 unspecified atom stereocenters. The Hall–Kier alpha value is -0.900. The maximum atomic E-state index is 12.9. The minimum atomic E-state index is -0.459. The van der Waals surface area contributed by atoms with Crippen molar-refractivity contribution in [3.8, 4) is 0 Å². The molecular formula is C20H36O4. The van der Waals surface area contributed by atoms with Crippen molar-refractivity contribution in [2.45, 2.75) is 80.3 Å². The number of hydrogen-bond donors (Lipinski definition) is 0. The molecular weight excluding hydrogens is 304 g/mol. The highest BCUT2D eigenvalue weighted by Crippen LogP contribution is 2.57. The molecule has 0 N–H and O–H groups in total. The van der Waals surface area contributed by atoms with Gasteiger partial charge in [0.1, 0.15) is 12.4 Å². The van der Waals surface area contributed by atoms with E-state index in [1.54, 1.807) is 0 Å². The first-order chi connectivity index (χ1) is 11.1. The maximum absolute atomic E-state index is 12.9. The molecule has 1 saturated carbocycles. The molecule has 4 atom stereocenters. The van der Waals surface area contributed by atoms with Gasteiger partial charge in [0.15, 0.2) is 0 Å². The van der Waals surface area contributed by atoms with Crippen LogP contribution in [0.2, 0.25) is 0 Å². The average Bonchev–Trinajstić information content (AvgIpc) is 2.80. The lowest BCUT2D eigenvalue weighted by atomic mass is 9.61. The Bertz CT molecular complexity index is 443. The molecule has 4 nitrogen and oxygen atoms in total. The molecule has 0 radical (unpaired) electrons. The molecule has 0 spiro atoms. The standard InChI is InChI=1S/C20H36O4/c1-8-14(3)17(21)20(7)11-10-16(19(20,5)6)18(22)24-13-12-23-15(4)9-2/h14-16H,8-13H2,1-7H3/t14?,15?,16-,20+/m1/s1. The monoisotopic (exact) mass is 340 g/mol. The zero-order chi connectivity index (χ0) is 18.5. The van der Waals surface area contributed by atoms with Crippen molar-refractivity contribution in [3.05, 3.63) is 0 Å². The predicted octanol–water partition coefficient (Wildman–Crippen LogP) is 4.40. The van der Waals surface area contributed by atoms with Crippen LogP contribution in [0.25, 0.3) is 0 Å². The smallest absolute Gasteiger partial charge is 0.309 e. The quantitative estimate of drug-likeness (QED) is 0.461. The number of Topliss-reactive ketones (excluding diaryl/α,β-unsaturated/α-hetero) is 1. The maximum Gasteiger partial charge on any atom is 0.309 e. The van der Waals surface area contributed by atoms with Crippen LogP contribution in [0.4, 0.5) is 0 Å². The van der Waals surface area contributed by atoms with E-state index >= 15 is 0 Å². The normalized spacial score (nSPS) is 28.4. The zero-order valence-electron chi connectivity index (χ0n) is 16.6. The summed E-state index contributed by atoms with van der Waals surface area (Å²) in [5, 5.41) is 0. The predicted molar refractivity (Wildman–Crippen MR) is 95.7 cm³/mol. The van der Waals surface area contributed by atoms with Crippen LogP contribution in [0.1, 0.15) is 74.1 Å². The molecule has 0 aromatic rings. The number of hydrogen-bond acceptors (Lipinski definition) is 4. The van der Waals surface area contributed by atoms with Gasteiger partial charge in [-0.1, -0.05) is 41.5 Å². The summed E-state index contributed by atoms with van der Waals surface area (Å²) in [6.07, 6.45) is 3.44. The zero-order valence-corrected chi connectivity index (χ0v) is 16.6. The minimum Gasteiger partial charge on any atom is -0.463 e. The summed E-state index contributed by atoms with van der Waals surface area (Å²) in [6.45, 7) is 14.9. The largest absolute Gasteiger partial charge is 0.463 e. The topological polar surface area (TPSA) is 52.6 Å². The Labute approximate surface area is 147 Å². The second-order valence-electron chi connectivity index (χ2n) is 8.08. The Kier molecular flexibility index (Phi) is 7.45. The molecule has 1 fully saturated rings. The van der Waals surface area contributed by atoms with Crippen LogP contribution in [0.3, 0.4) is 0 Å². The van der Waals surface area contributed by atoms with Crippen LogP contribution in [0.15, 0.2) is 0 Å². The minimum absolute atomic E-state index is 0.0352. The van der Waals surface area contributed by atoms with Gasteiger partial charge in [0, 0.05) is 11.3 Å². The first kappa shape index (κ1) is 21.1. The molecule has 0 amide bonds. The fourth-order valence-corrected chi connectivity index (χ4v) is 3.69. The molecule has 0 aromatic carbocycles. The third kappa shape index (κ3) is 4.19. The molecule has 1 aliphatic carbocycles. The molecule has 0 heterocycles. The SMILES string of the molecule is CCC(C)OCCOC(=O)[C@H]1CC[C@@](C)(C(=O)C(C)CC)C1(C)C. The molecule has 0 aliphatic heterocycles. The first-order valence-corrected chi connectivity index (χ1v) is 9.44. The summed E-state index contributed by atoms with van der Waals surface area (Å²) in [4.78, 5) is 25.4. The van der Waals surface area contributed by atoms with Gasteiger partial charge in [-0.15, -0.1) is 0 Å². The highest BCUT2D eigenvalue weighted by Gasteiger charge is 2.58. The summed E-state index contributed by atoms with van der Waals surface area (Å²) in [6, 6.07) is 0. The fourth-order valence-electron chi connectivity index (χ4n) is 3.69. The lowest BCUT2D eigenvalue weighted by Gasteiger charge is -2.41. The van der Waals surface area contributed by atoms with E-state index in [1.165, 1.54) is 0 Å². The van der Waals surface area contributed by atoms with E-state index in [0.29, 0.717) is 6.61 Å². The van der Waals surface area contributed by atoms with Crippen molar-refractivity contribution >= 4 is 11.8 Å². The van der Waals surface area contributed by atoms with Gasteiger partial charge >= 0.3 is 5.97 Å². The van der Waals surface area contributed by atoms with Gasteiger partial charge in [0.2, 0.25) is 0 Å². The van der Waals surface area contributed by atoms with E-state index in [0.717, 1.165) is 25.7 Å². The van der Waals surface area contributed by atoms with Crippen molar-refractivity contribution in [1.29, 1.82) is 0 Å². The fraction of sp³-hybridized carbons (Fsp3) is 0.900. The lowest BCUT2D eigenvalue weighted by Crippen LogP contribution is -2.45. The van der Waals surface area contributed by atoms with Gasteiger partial charge in [-0.25, -0.2) is 0 Å². The number of ketones is 1. The van der Waals surface area contributed by atoms with Gasteiger partial charge in [0.25, 0.3) is 0 Å². The number of carbonyl (C=O) groups is 2. The number of esters is 1. The number of ether oxygens (including phenoxy) is 2. The van der Waals surface area contributed by atoms with Gasteiger partial charge in [-0.05, 0) is 38.0 Å². The molecule has 1 rings (SSSR count). The second kappa shape index (κ2) is 8.46. The molecule has 0 bridgehead atoms. The van der Waals surface area contributed by atoms with Gasteiger partial charge in [0.05, 0.1) is 18.6 Å². The highest BCUT2D eigenvalue weighted by atomic mass is 16.6. The van der Waals surface area contributed by atoms with E-state index in [1.807, 2.05) is 41.5 Å². The molecule has 1 aliphatic rings. The summed E-state index contributed by atoms with van der Waals surface area (Å²) in [5.41, 5.74) is -0.846. The summed E-state index contributed by atoms with van der Waals surface area (Å²) in [5.74, 6) is -0.0917. The van der Waals surface area contributed by atoms with E-state index in [2.05, 4.69) is 6.92 Å². The molecule has 0 saturated heterocycles. The molecule has 0 aromatic heterocycles. The number of carbonyl (C=O) groups excluding carboxylic acids is 2. The van der Waals surface area contributed by atoms with Crippen molar-refractivity contribution in [2.24, 2.45) is 22.7 Å². The highest BCUT2D eigenvalue weighted by molar-refractivity contribution is 5.89. The second-order valence-corrected chi connectivity index (χ2v) is 8.08. The van der Waals surface area contributed by atoms with Crippen LogP contribution in [0.5, 0.6) is 0 Å². The van der Waals surface area contributed by atoms with E-state index in [9.17, 15) is 9.59 Å². The third-order valence-electron chi connectivity index (χ3n) is 6.42. The number of rotatable bonds is 9. The van der Waals surface area contributed by atoms with Gasteiger partial charge in [-0.3, -0.25) is 9.59 Å². The Morgan fingerprint density at radius 1 is 1.08 bits per heavy atom. The van der Waals surface area contributed by atoms with Crippen molar-refractivity contribution in [1.82, 2.24) is 0 Å². The van der Waals surface area contributed by atoms with Gasteiger partial charge < -0.3 is 9.47 Å². The van der Waals surface area contributed by atoms with Crippen LogP contribution in [-0.2, 0) is 19.1 Å².